The second kappa shape index (κ2) is 5.71. The molecular formula is C11H14F3NO2S. The summed E-state index contributed by atoms with van der Waals surface area (Å²) < 4.78 is 63.4. The molecular weight excluding hydrogens is 267 g/mol. The molecule has 7 heteroatoms. The Morgan fingerprint density at radius 2 is 1.72 bits per heavy atom. The molecule has 0 aliphatic rings. The van der Waals surface area contributed by atoms with Crippen molar-refractivity contribution in [2.45, 2.75) is 19.3 Å². The Kier molecular flexibility index (Phi) is 4.75. The number of nitrogens with one attached hydrogen (secondary N) is 1. The van der Waals surface area contributed by atoms with Gasteiger partial charge in [-0.25, -0.2) is 26.3 Å². The van der Waals surface area contributed by atoms with Gasteiger partial charge in [0.05, 0.1) is 6.26 Å². The summed E-state index contributed by atoms with van der Waals surface area (Å²) in [6, 6.07) is 1.22. The molecule has 1 aromatic rings. The lowest BCUT2D eigenvalue weighted by Crippen LogP contribution is -2.24. The Morgan fingerprint density at radius 1 is 1.22 bits per heavy atom. The molecule has 0 aliphatic carbocycles. The molecule has 0 unspecified atom stereocenters. The van der Waals surface area contributed by atoms with Crippen molar-refractivity contribution in [2.24, 2.45) is 0 Å². The van der Waals surface area contributed by atoms with Gasteiger partial charge in [0, 0.05) is 24.2 Å². The second-order valence-corrected chi connectivity index (χ2v) is 5.97. The monoisotopic (exact) mass is 281 g/mol. The van der Waals surface area contributed by atoms with Crippen molar-refractivity contribution in [3.63, 3.8) is 0 Å². The molecule has 18 heavy (non-hydrogen) atoms. The molecule has 0 spiro atoms. The quantitative estimate of drug-likeness (QED) is 0.899. The fourth-order valence-electron chi connectivity index (χ4n) is 1.63. The van der Waals surface area contributed by atoms with Gasteiger partial charge in [-0.05, 0) is 12.3 Å². The topological polar surface area (TPSA) is 46.2 Å². The van der Waals surface area contributed by atoms with E-state index in [9.17, 15) is 21.6 Å². The Morgan fingerprint density at radius 3 is 2.17 bits per heavy atom. The van der Waals surface area contributed by atoms with E-state index in [1.54, 1.807) is 6.92 Å². The maximum absolute atomic E-state index is 13.4. The van der Waals surface area contributed by atoms with E-state index in [1.807, 2.05) is 0 Å². The van der Waals surface area contributed by atoms with E-state index >= 15 is 0 Å². The van der Waals surface area contributed by atoms with Crippen molar-refractivity contribution in [3.05, 3.63) is 35.1 Å². The third kappa shape index (κ3) is 4.30. The van der Waals surface area contributed by atoms with E-state index in [4.69, 9.17) is 0 Å². The third-order valence-corrected chi connectivity index (χ3v) is 3.21. The highest BCUT2D eigenvalue weighted by Gasteiger charge is 2.18. The normalized spacial score (nSPS) is 13.6. The van der Waals surface area contributed by atoms with Crippen LogP contribution in [0.5, 0.6) is 0 Å². The van der Waals surface area contributed by atoms with Gasteiger partial charge in [-0.15, -0.1) is 0 Å². The van der Waals surface area contributed by atoms with Crippen molar-refractivity contribution in [3.8, 4) is 0 Å². The van der Waals surface area contributed by atoms with Gasteiger partial charge >= 0.3 is 0 Å². The number of rotatable bonds is 5. The Bertz CT molecular complexity index is 508. The maximum Gasteiger partial charge on any atom is 0.208 e. The number of benzene rings is 1. The smallest absolute Gasteiger partial charge is 0.208 e. The van der Waals surface area contributed by atoms with E-state index < -0.39 is 33.4 Å². The molecule has 0 amide bonds. The summed E-state index contributed by atoms with van der Waals surface area (Å²) in [4.78, 5) is 0. The summed E-state index contributed by atoms with van der Waals surface area (Å²) in [5.74, 6) is -3.45. The maximum atomic E-state index is 13.4. The predicted octanol–water partition coefficient (Wildman–Crippen LogP) is 2.15. The van der Waals surface area contributed by atoms with Crippen LogP contribution < -0.4 is 4.72 Å². The summed E-state index contributed by atoms with van der Waals surface area (Å²) in [5, 5.41) is 0. The van der Waals surface area contributed by atoms with E-state index in [-0.39, 0.29) is 18.5 Å². The lowest BCUT2D eigenvalue weighted by atomic mass is 9.96. The van der Waals surface area contributed by atoms with Crippen LogP contribution in [0.25, 0.3) is 0 Å². The first-order valence-corrected chi connectivity index (χ1v) is 7.19. The van der Waals surface area contributed by atoms with Crippen molar-refractivity contribution in [2.75, 3.05) is 12.8 Å². The SMILES string of the molecule is C[C@H](CCNS(C)(=O)=O)c1c(F)cc(F)cc1F. The number of halogens is 3. The summed E-state index contributed by atoms with van der Waals surface area (Å²) in [6.45, 7) is 1.61. The number of hydrogen-bond acceptors (Lipinski definition) is 2. The summed E-state index contributed by atoms with van der Waals surface area (Å²) >= 11 is 0. The molecule has 1 N–H and O–H groups in total. The van der Waals surface area contributed by atoms with Crippen LogP contribution in [-0.2, 0) is 10.0 Å². The van der Waals surface area contributed by atoms with Gasteiger partial charge < -0.3 is 0 Å². The standard InChI is InChI=1S/C11H14F3NO2S/c1-7(3-4-15-18(2,16)17)11-9(13)5-8(12)6-10(11)14/h5-7,15H,3-4H2,1-2H3/t7-/m1/s1. The lowest BCUT2D eigenvalue weighted by molar-refractivity contribution is 0.498. The first kappa shape index (κ1) is 15.0. The molecule has 1 rings (SSSR count). The largest absolute Gasteiger partial charge is 0.215 e. The highest BCUT2D eigenvalue weighted by Crippen LogP contribution is 2.25. The van der Waals surface area contributed by atoms with Gasteiger partial charge in [-0.3, -0.25) is 0 Å². The minimum absolute atomic E-state index is 0.0657. The van der Waals surface area contributed by atoms with Crippen molar-refractivity contribution < 1.29 is 21.6 Å². The van der Waals surface area contributed by atoms with E-state index in [2.05, 4.69) is 4.72 Å². The van der Waals surface area contributed by atoms with Crippen LogP contribution >= 0.6 is 0 Å². The minimum atomic E-state index is -3.33. The zero-order chi connectivity index (χ0) is 13.9. The molecule has 0 heterocycles. The van der Waals surface area contributed by atoms with Gasteiger partial charge in [0.2, 0.25) is 10.0 Å². The molecule has 3 nitrogen and oxygen atoms in total. The van der Waals surface area contributed by atoms with Crippen molar-refractivity contribution in [1.82, 2.24) is 4.72 Å². The lowest BCUT2D eigenvalue weighted by Gasteiger charge is -2.14. The highest BCUT2D eigenvalue weighted by molar-refractivity contribution is 7.88. The van der Waals surface area contributed by atoms with Crippen LogP contribution in [0.2, 0.25) is 0 Å². The molecule has 0 bridgehead atoms. The fourth-order valence-corrected chi connectivity index (χ4v) is 2.12. The molecule has 0 radical (unpaired) electrons. The number of hydrogen-bond donors (Lipinski definition) is 1. The van der Waals surface area contributed by atoms with E-state index in [0.717, 1.165) is 6.26 Å². The zero-order valence-electron chi connectivity index (χ0n) is 10.0. The van der Waals surface area contributed by atoms with Gasteiger partial charge in [0.15, 0.2) is 0 Å². The van der Waals surface area contributed by atoms with Crippen molar-refractivity contribution in [1.29, 1.82) is 0 Å². The molecule has 0 saturated heterocycles. The molecule has 0 saturated carbocycles. The molecule has 1 atom stereocenters. The van der Waals surface area contributed by atoms with Crippen LogP contribution in [0.1, 0.15) is 24.8 Å². The minimum Gasteiger partial charge on any atom is -0.215 e. The zero-order valence-corrected chi connectivity index (χ0v) is 10.8. The van der Waals surface area contributed by atoms with Crippen LogP contribution in [0, 0.1) is 17.5 Å². The Hall–Kier alpha value is -1.08. The van der Waals surface area contributed by atoms with Crippen LogP contribution in [0.3, 0.4) is 0 Å². The van der Waals surface area contributed by atoms with E-state index in [1.165, 1.54) is 0 Å². The Labute approximate surface area is 104 Å². The van der Waals surface area contributed by atoms with E-state index in [0.29, 0.717) is 12.1 Å². The first-order valence-electron chi connectivity index (χ1n) is 5.30. The molecule has 0 fully saturated rings. The van der Waals surface area contributed by atoms with Crippen LogP contribution in [0.15, 0.2) is 12.1 Å². The fraction of sp³-hybridized carbons (Fsp3) is 0.455. The summed E-state index contributed by atoms with van der Waals surface area (Å²) in [7, 11) is -3.33. The average molecular weight is 281 g/mol. The van der Waals surface area contributed by atoms with Gasteiger partial charge in [-0.2, -0.15) is 0 Å². The average Bonchev–Trinajstić information content (AvgIpc) is 2.13. The van der Waals surface area contributed by atoms with Crippen LogP contribution in [-0.4, -0.2) is 21.2 Å². The van der Waals surface area contributed by atoms with Crippen LogP contribution in [0.4, 0.5) is 13.2 Å². The molecule has 102 valence electrons. The summed E-state index contributed by atoms with van der Waals surface area (Å²) in [5.41, 5.74) is -0.230. The second-order valence-electron chi connectivity index (χ2n) is 4.14. The Balaban J connectivity index is 2.76. The first-order chi connectivity index (χ1) is 8.20. The highest BCUT2D eigenvalue weighted by atomic mass is 32.2. The number of sulfonamides is 1. The summed E-state index contributed by atoms with van der Waals surface area (Å²) in [6.07, 6.45) is 1.21. The predicted molar refractivity (Wildman–Crippen MR) is 62.2 cm³/mol. The van der Waals surface area contributed by atoms with Gasteiger partial charge in [-0.1, -0.05) is 6.92 Å². The molecule has 0 aromatic heterocycles. The van der Waals surface area contributed by atoms with Crippen molar-refractivity contribution >= 4 is 10.0 Å². The molecule has 1 aromatic carbocycles. The van der Waals surface area contributed by atoms with Gasteiger partial charge in [0.1, 0.15) is 17.5 Å². The van der Waals surface area contributed by atoms with Gasteiger partial charge in [0.25, 0.3) is 0 Å². The molecule has 0 aliphatic heterocycles. The third-order valence-electron chi connectivity index (χ3n) is 2.48.